The van der Waals surface area contributed by atoms with Gasteiger partial charge in [-0.3, -0.25) is 20.4 Å². The number of para-hydroxylation sites is 1. The van der Waals surface area contributed by atoms with Crippen molar-refractivity contribution < 1.29 is 19.4 Å². The first-order chi connectivity index (χ1) is 13.1. The van der Waals surface area contributed by atoms with Crippen LogP contribution in [0.25, 0.3) is 0 Å². The van der Waals surface area contributed by atoms with Crippen LogP contribution in [0, 0.1) is 0 Å². The van der Waals surface area contributed by atoms with Gasteiger partial charge in [0.2, 0.25) is 0 Å². The van der Waals surface area contributed by atoms with Crippen LogP contribution in [-0.2, 0) is 6.61 Å². The molecule has 136 valence electrons. The third kappa shape index (κ3) is 4.85. The van der Waals surface area contributed by atoms with E-state index in [9.17, 15) is 14.7 Å². The molecule has 0 saturated carbocycles. The SMILES string of the molecule is O=C(NNC(=O)c1ccccc1O)c1cccc(OCc2ccccc2)c1. The third-order valence-corrected chi connectivity index (χ3v) is 3.78. The van der Waals surface area contributed by atoms with E-state index in [2.05, 4.69) is 10.9 Å². The predicted octanol–water partition coefficient (Wildman–Crippen LogP) is 3.05. The maximum Gasteiger partial charge on any atom is 0.273 e. The lowest BCUT2D eigenvalue weighted by Crippen LogP contribution is -2.41. The molecule has 27 heavy (non-hydrogen) atoms. The van der Waals surface area contributed by atoms with Crippen LogP contribution < -0.4 is 15.6 Å². The summed E-state index contributed by atoms with van der Waals surface area (Å²) in [4.78, 5) is 24.3. The maximum absolute atomic E-state index is 12.2. The monoisotopic (exact) mass is 362 g/mol. The molecule has 0 bridgehead atoms. The number of rotatable bonds is 5. The molecular weight excluding hydrogens is 344 g/mol. The lowest BCUT2D eigenvalue weighted by Gasteiger charge is -2.10. The summed E-state index contributed by atoms with van der Waals surface area (Å²) in [6.07, 6.45) is 0. The number of benzene rings is 3. The summed E-state index contributed by atoms with van der Waals surface area (Å²) in [5, 5.41) is 9.66. The smallest absolute Gasteiger partial charge is 0.273 e. The average molecular weight is 362 g/mol. The number of hydrazine groups is 1. The van der Waals surface area contributed by atoms with Crippen molar-refractivity contribution in [1.29, 1.82) is 0 Å². The lowest BCUT2D eigenvalue weighted by molar-refractivity contribution is 0.0845. The molecule has 3 rings (SSSR count). The van der Waals surface area contributed by atoms with Crippen molar-refractivity contribution in [2.24, 2.45) is 0 Å². The number of carbonyl (C=O) groups is 2. The molecule has 0 aliphatic carbocycles. The number of phenols is 1. The van der Waals surface area contributed by atoms with Gasteiger partial charge in [0, 0.05) is 5.56 Å². The van der Waals surface area contributed by atoms with Gasteiger partial charge in [0.1, 0.15) is 18.1 Å². The van der Waals surface area contributed by atoms with Gasteiger partial charge in [-0.25, -0.2) is 0 Å². The molecule has 3 N–H and O–H groups in total. The molecule has 3 aromatic carbocycles. The maximum atomic E-state index is 12.2. The minimum Gasteiger partial charge on any atom is -0.507 e. The van der Waals surface area contributed by atoms with Crippen LogP contribution in [-0.4, -0.2) is 16.9 Å². The third-order valence-electron chi connectivity index (χ3n) is 3.78. The van der Waals surface area contributed by atoms with Crippen molar-refractivity contribution in [1.82, 2.24) is 10.9 Å². The summed E-state index contributed by atoms with van der Waals surface area (Å²) in [5.74, 6) is -0.735. The minimum absolute atomic E-state index is 0.0674. The molecule has 0 aliphatic heterocycles. The minimum atomic E-state index is -0.613. The Morgan fingerprint density at radius 1 is 0.815 bits per heavy atom. The van der Waals surface area contributed by atoms with Gasteiger partial charge in [-0.1, -0.05) is 48.5 Å². The molecule has 2 amide bonds. The molecule has 0 saturated heterocycles. The van der Waals surface area contributed by atoms with Crippen molar-refractivity contribution in [2.45, 2.75) is 6.61 Å². The first-order valence-corrected chi connectivity index (χ1v) is 8.29. The first-order valence-electron chi connectivity index (χ1n) is 8.29. The second-order valence-corrected chi connectivity index (χ2v) is 5.73. The molecule has 0 aromatic heterocycles. The molecule has 0 unspecified atom stereocenters. The average Bonchev–Trinajstić information content (AvgIpc) is 2.71. The molecule has 6 heteroatoms. The van der Waals surface area contributed by atoms with Crippen molar-refractivity contribution in [3.63, 3.8) is 0 Å². The van der Waals surface area contributed by atoms with Crippen LogP contribution in [0.3, 0.4) is 0 Å². The van der Waals surface area contributed by atoms with Crippen LogP contribution in [0.15, 0.2) is 78.9 Å². The molecular formula is C21H18N2O4. The quantitative estimate of drug-likeness (QED) is 0.609. The standard InChI is InChI=1S/C21H18N2O4/c24-19-12-5-4-11-18(19)21(26)23-22-20(25)16-9-6-10-17(13-16)27-14-15-7-2-1-3-8-15/h1-13,24H,14H2,(H,22,25)(H,23,26). The molecule has 3 aromatic rings. The van der Waals surface area contributed by atoms with Gasteiger partial charge in [0.15, 0.2) is 0 Å². The van der Waals surface area contributed by atoms with Gasteiger partial charge in [0.05, 0.1) is 5.56 Å². The van der Waals surface area contributed by atoms with Crippen LogP contribution in [0.4, 0.5) is 0 Å². The molecule has 0 fully saturated rings. The van der Waals surface area contributed by atoms with E-state index >= 15 is 0 Å². The number of hydrogen-bond acceptors (Lipinski definition) is 4. The molecule has 0 atom stereocenters. The van der Waals surface area contributed by atoms with E-state index in [1.54, 1.807) is 36.4 Å². The van der Waals surface area contributed by atoms with Gasteiger partial charge in [0.25, 0.3) is 11.8 Å². The zero-order valence-corrected chi connectivity index (χ0v) is 14.4. The number of carbonyl (C=O) groups excluding carboxylic acids is 2. The van der Waals surface area contributed by atoms with Gasteiger partial charge < -0.3 is 9.84 Å². The lowest BCUT2D eigenvalue weighted by atomic mass is 10.2. The summed E-state index contributed by atoms with van der Waals surface area (Å²) >= 11 is 0. The van der Waals surface area contributed by atoms with E-state index in [1.165, 1.54) is 12.1 Å². The Balaban J connectivity index is 1.58. The number of hydrogen-bond donors (Lipinski definition) is 3. The molecule has 0 spiro atoms. The Hall–Kier alpha value is -3.80. The Kier molecular flexibility index (Phi) is 5.69. The normalized spacial score (nSPS) is 10.1. The van der Waals surface area contributed by atoms with Crippen molar-refractivity contribution in [3.8, 4) is 11.5 Å². The Labute approximate surface area is 156 Å². The van der Waals surface area contributed by atoms with Crippen LogP contribution in [0.2, 0.25) is 0 Å². The highest BCUT2D eigenvalue weighted by Crippen LogP contribution is 2.16. The number of ether oxygens (including phenoxy) is 1. The summed E-state index contributed by atoms with van der Waals surface area (Å²) < 4.78 is 5.69. The molecule has 0 radical (unpaired) electrons. The van der Waals surface area contributed by atoms with Crippen molar-refractivity contribution in [2.75, 3.05) is 0 Å². The van der Waals surface area contributed by atoms with Crippen LogP contribution >= 0.6 is 0 Å². The van der Waals surface area contributed by atoms with E-state index in [1.807, 2.05) is 30.3 Å². The fourth-order valence-electron chi connectivity index (χ4n) is 2.39. The Morgan fingerprint density at radius 2 is 1.52 bits per heavy atom. The topological polar surface area (TPSA) is 87.7 Å². The summed E-state index contributed by atoms with van der Waals surface area (Å²) in [7, 11) is 0. The number of amides is 2. The molecule has 0 heterocycles. The number of aromatic hydroxyl groups is 1. The summed E-state index contributed by atoms with van der Waals surface area (Å²) in [5.41, 5.74) is 6.01. The van der Waals surface area contributed by atoms with Crippen LogP contribution in [0.5, 0.6) is 11.5 Å². The fourth-order valence-corrected chi connectivity index (χ4v) is 2.39. The van der Waals surface area contributed by atoms with Gasteiger partial charge in [-0.05, 0) is 35.9 Å². The highest BCUT2D eigenvalue weighted by Gasteiger charge is 2.12. The zero-order valence-electron chi connectivity index (χ0n) is 14.4. The molecule has 0 aliphatic rings. The first kappa shape index (κ1) is 18.0. The number of nitrogens with one attached hydrogen (secondary N) is 2. The van der Waals surface area contributed by atoms with E-state index in [4.69, 9.17) is 4.74 Å². The second kappa shape index (κ2) is 8.53. The van der Waals surface area contributed by atoms with Crippen molar-refractivity contribution >= 4 is 11.8 Å². The summed E-state index contributed by atoms with van der Waals surface area (Å²) in [6.45, 7) is 0.385. The Morgan fingerprint density at radius 3 is 2.30 bits per heavy atom. The van der Waals surface area contributed by atoms with E-state index in [0.29, 0.717) is 17.9 Å². The largest absolute Gasteiger partial charge is 0.507 e. The highest BCUT2D eigenvalue weighted by atomic mass is 16.5. The number of phenolic OH excluding ortho intramolecular Hbond substituents is 1. The van der Waals surface area contributed by atoms with Gasteiger partial charge in [-0.15, -0.1) is 0 Å². The van der Waals surface area contributed by atoms with E-state index < -0.39 is 11.8 Å². The predicted molar refractivity (Wildman–Crippen MR) is 100 cm³/mol. The Bertz CT molecular complexity index is 942. The zero-order chi connectivity index (χ0) is 19.1. The molecule has 6 nitrogen and oxygen atoms in total. The van der Waals surface area contributed by atoms with Gasteiger partial charge in [-0.2, -0.15) is 0 Å². The second-order valence-electron chi connectivity index (χ2n) is 5.73. The van der Waals surface area contributed by atoms with Crippen LogP contribution in [0.1, 0.15) is 26.3 Å². The highest BCUT2D eigenvalue weighted by molar-refractivity contribution is 6.00. The van der Waals surface area contributed by atoms with E-state index in [0.717, 1.165) is 5.56 Å². The summed E-state index contributed by atoms with van der Waals surface area (Å²) in [6, 6.07) is 22.4. The van der Waals surface area contributed by atoms with Crippen molar-refractivity contribution in [3.05, 3.63) is 95.6 Å². The van der Waals surface area contributed by atoms with E-state index in [-0.39, 0.29) is 11.3 Å². The fraction of sp³-hybridized carbons (Fsp3) is 0.0476. The van der Waals surface area contributed by atoms with Gasteiger partial charge >= 0.3 is 0 Å².